The Kier molecular flexibility index (Phi) is 3.74. The van der Waals surface area contributed by atoms with E-state index in [1.54, 1.807) is 0 Å². The molecule has 0 aliphatic carbocycles. The maximum Gasteiger partial charge on any atom is 0.0240 e. The van der Waals surface area contributed by atoms with Crippen LogP contribution in [0, 0.1) is 5.41 Å². The van der Waals surface area contributed by atoms with Gasteiger partial charge in [0.1, 0.15) is 0 Å². The molecule has 1 rings (SSSR count). The fourth-order valence-corrected chi connectivity index (χ4v) is 2.02. The monoisotopic (exact) mass is 184 g/mol. The Morgan fingerprint density at radius 2 is 1.77 bits per heavy atom. The van der Waals surface area contributed by atoms with Crippen LogP contribution in [0.5, 0.6) is 0 Å². The van der Waals surface area contributed by atoms with E-state index < -0.39 is 0 Å². The summed E-state index contributed by atoms with van der Waals surface area (Å²) in [4.78, 5) is 2.58. The lowest BCUT2D eigenvalue weighted by Gasteiger charge is -2.33. The lowest BCUT2D eigenvalue weighted by atomic mass is 9.86. The van der Waals surface area contributed by atoms with E-state index in [4.69, 9.17) is 0 Å². The lowest BCUT2D eigenvalue weighted by Crippen LogP contribution is -2.46. The predicted octanol–water partition coefficient (Wildman–Crippen LogP) is 1.72. The average molecular weight is 184 g/mol. The van der Waals surface area contributed by atoms with E-state index in [0.717, 1.165) is 0 Å². The first-order chi connectivity index (χ1) is 6.04. The van der Waals surface area contributed by atoms with Crippen LogP contribution in [-0.2, 0) is 0 Å². The zero-order valence-corrected chi connectivity index (χ0v) is 9.56. The number of hydrogen-bond donors (Lipinski definition) is 1. The van der Waals surface area contributed by atoms with Gasteiger partial charge >= 0.3 is 0 Å². The van der Waals surface area contributed by atoms with Crippen molar-refractivity contribution in [3.8, 4) is 0 Å². The first-order valence-corrected chi connectivity index (χ1v) is 5.43. The Hall–Kier alpha value is -0.0800. The molecule has 0 aromatic rings. The molecule has 0 aromatic heterocycles. The summed E-state index contributed by atoms with van der Waals surface area (Å²) in [6, 6.07) is 0.616. The summed E-state index contributed by atoms with van der Waals surface area (Å²) >= 11 is 0. The molecule has 0 saturated carbocycles. The summed E-state index contributed by atoms with van der Waals surface area (Å²) in [5, 5.41) is 3.43. The van der Waals surface area contributed by atoms with Gasteiger partial charge in [0, 0.05) is 12.6 Å². The van der Waals surface area contributed by atoms with Crippen molar-refractivity contribution in [2.45, 2.75) is 39.7 Å². The number of nitrogens with one attached hydrogen (secondary N) is 1. The molecule has 1 saturated heterocycles. The second-order valence-electron chi connectivity index (χ2n) is 5.22. The summed E-state index contributed by atoms with van der Waals surface area (Å²) in [6.45, 7) is 10.7. The van der Waals surface area contributed by atoms with Crippen LogP contribution in [-0.4, -0.2) is 37.6 Å². The largest absolute Gasteiger partial charge is 0.315 e. The molecule has 0 radical (unpaired) electrons. The highest BCUT2D eigenvalue weighted by atomic mass is 15.2. The molecule has 1 heterocycles. The van der Waals surface area contributed by atoms with Crippen molar-refractivity contribution in [2.75, 3.05) is 26.7 Å². The van der Waals surface area contributed by atoms with Gasteiger partial charge in [-0.3, -0.25) is 0 Å². The maximum absolute atomic E-state index is 3.43. The van der Waals surface area contributed by atoms with E-state index in [2.05, 4.69) is 38.0 Å². The first-order valence-electron chi connectivity index (χ1n) is 5.43. The van der Waals surface area contributed by atoms with E-state index in [1.807, 2.05) is 0 Å². The maximum atomic E-state index is 3.43. The molecule has 1 unspecified atom stereocenters. The van der Waals surface area contributed by atoms with Crippen LogP contribution in [0.3, 0.4) is 0 Å². The third kappa shape index (κ3) is 3.28. The number of likely N-dealkylation sites (tertiary alicyclic amines) is 1. The van der Waals surface area contributed by atoms with Gasteiger partial charge in [-0.1, -0.05) is 20.8 Å². The molecule has 78 valence electrons. The predicted molar refractivity (Wildman–Crippen MR) is 58.0 cm³/mol. The minimum absolute atomic E-state index is 0.372. The highest BCUT2D eigenvalue weighted by Gasteiger charge is 2.25. The number of nitrogens with zero attached hydrogens (tertiary/aromatic N) is 1. The Morgan fingerprint density at radius 1 is 1.23 bits per heavy atom. The molecule has 0 bridgehead atoms. The Balaban J connectivity index is 2.39. The fraction of sp³-hybridized carbons (Fsp3) is 1.00. The lowest BCUT2D eigenvalue weighted by molar-refractivity contribution is 0.202. The quantitative estimate of drug-likeness (QED) is 0.718. The summed E-state index contributed by atoms with van der Waals surface area (Å²) < 4.78 is 0. The molecular formula is C11H24N2. The van der Waals surface area contributed by atoms with Gasteiger partial charge in [0.15, 0.2) is 0 Å². The fourth-order valence-electron chi connectivity index (χ4n) is 2.02. The molecule has 13 heavy (non-hydrogen) atoms. The number of hydrogen-bond acceptors (Lipinski definition) is 2. The van der Waals surface area contributed by atoms with Crippen LogP contribution in [0.1, 0.15) is 33.6 Å². The van der Waals surface area contributed by atoms with Crippen molar-refractivity contribution < 1.29 is 0 Å². The second kappa shape index (κ2) is 4.43. The van der Waals surface area contributed by atoms with Crippen LogP contribution in [0.15, 0.2) is 0 Å². The van der Waals surface area contributed by atoms with E-state index >= 15 is 0 Å². The Morgan fingerprint density at radius 3 is 2.15 bits per heavy atom. The van der Waals surface area contributed by atoms with Crippen LogP contribution >= 0.6 is 0 Å². The van der Waals surface area contributed by atoms with Crippen molar-refractivity contribution >= 4 is 0 Å². The van der Waals surface area contributed by atoms with Gasteiger partial charge in [0.25, 0.3) is 0 Å². The van der Waals surface area contributed by atoms with Crippen molar-refractivity contribution in [1.82, 2.24) is 10.2 Å². The molecule has 0 aromatic carbocycles. The summed E-state index contributed by atoms with van der Waals surface area (Å²) in [7, 11) is 2.08. The van der Waals surface area contributed by atoms with Gasteiger partial charge in [0.05, 0.1) is 0 Å². The molecule has 1 fully saturated rings. The molecule has 1 atom stereocenters. The van der Waals surface area contributed by atoms with Crippen molar-refractivity contribution in [1.29, 1.82) is 0 Å². The molecular weight excluding hydrogens is 160 g/mol. The smallest absolute Gasteiger partial charge is 0.0240 e. The molecule has 0 amide bonds. The average Bonchev–Trinajstić information content (AvgIpc) is 2.49. The van der Waals surface area contributed by atoms with Crippen LogP contribution < -0.4 is 5.32 Å². The van der Waals surface area contributed by atoms with Crippen LogP contribution in [0.25, 0.3) is 0 Å². The third-order valence-corrected chi connectivity index (χ3v) is 3.03. The van der Waals surface area contributed by atoms with Crippen molar-refractivity contribution in [3.63, 3.8) is 0 Å². The van der Waals surface area contributed by atoms with E-state index in [9.17, 15) is 0 Å². The molecule has 1 N–H and O–H groups in total. The van der Waals surface area contributed by atoms with Crippen LogP contribution in [0.4, 0.5) is 0 Å². The van der Waals surface area contributed by atoms with Crippen molar-refractivity contribution in [3.05, 3.63) is 0 Å². The standard InChI is InChI=1S/C11H24N2/c1-11(2,3)10(12-4)9-13-7-5-6-8-13/h10,12H,5-9H2,1-4H3. The van der Waals surface area contributed by atoms with Gasteiger partial charge < -0.3 is 10.2 Å². The third-order valence-electron chi connectivity index (χ3n) is 3.03. The van der Waals surface area contributed by atoms with Crippen molar-refractivity contribution in [2.24, 2.45) is 5.41 Å². The van der Waals surface area contributed by atoms with E-state index in [1.165, 1.54) is 32.5 Å². The molecule has 1 aliphatic rings. The number of likely N-dealkylation sites (N-methyl/N-ethyl adjacent to an activating group) is 1. The second-order valence-corrected chi connectivity index (χ2v) is 5.22. The minimum Gasteiger partial charge on any atom is -0.315 e. The Labute approximate surface area is 82.7 Å². The first kappa shape index (κ1) is 11.0. The molecule has 1 aliphatic heterocycles. The number of rotatable bonds is 3. The minimum atomic E-state index is 0.372. The van der Waals surface area contributed by atoms with Gasteiger partial charge in [0.2, 0.25) is 0 Å². The van der Waals surface area contributed by atoms with E-state index in [-0.39, 0.29) is 0 Å². The zero-order valence-electron chi connectivity index (χ0n) is 9.56. The summed E-state index contributed by atoms with van der Waals surface area (Å²) in [5.41, 5.74) is 0.372. The molecule has 2 nitrogen and oxygen atoms in total. The summed E-state index contributed by atoms with van der Waals surface area (Å²) in [6.07, 6.45) is 2.78. The van der Waals surface area contributed by atoms with E-state index in [0.29, 0.717) is 11.5 Å². The zero-order chi connectivity index (χ0) is 9.90. The normalized spacial score (nSPS) is 22.2. The summed E-state index contributed by atoms with van der Waals surface area (Å²) in [5.74, 6) is 0. The highest BCUT2D eigenvalue weighted by Crippen LogP contribution is 2.21. The molecule has 2 heteroatoms. The molecule has 0 spiro atoms. The topological polar surface area (TPSA) is 15.3 Å². The SMILES string of the molecule is CNC(CN1CCCC1)C(C)(C)C. The van der Waals surface area contributed by atoms with Crippen LogP contribution in [0.2, 0.25) is 0 Å². The highest BCUT2D eigenvalue weighted by molar-refractivity contribution is 4.83. The van der Waals surface area contributed by atoms with Gasteiger partial charge in [-0.2, -0.15) is 0 Å². The van der Waals surface area contributed by atoms with Gasteiger partial charge in [-0.15, -0.1) is 0 Å². The van der Waals surface area contributed by atoms with Gasteiger partial charge in [-0.05, 0) is 38.4 Å². The van der Waals surface area contributed by atoms with Gasteiger partial charge in [-0.25, -0.2) is 0 Å². The Bertz CT molecular complexity index is 143.